The highest BCUT2D eigenvalue weighted by atomic mass is 19.3. The maximum Gasteiger partial charge on any atom is 0.248 e. The van der Waals surface area contributed by atoms with Crippen LogP contribution in [0.3, 0.4) is 0 Å². The van der Waals surface area contributed by atoms with Gasteiger partial charge in [-0.05, 0) is 25.3 Å². The summed E-state index contributed by atoms with van der Waals surface area (Å²) in [5.74, 6) is -2.10. The van der Waals surface area contributed by atoms with Crippen LogP contribution in [0.2, 0.25) is 0 Å². The van der Waals surface area contributed by atoms with Crippen LogP contribution in [0, 0.1) is 5.92 Å². The van der Waals surface area contributed by atoms with E-state index in [1.165, 1.54) is 19.3 Å². The highest BCUT2D eigenvalue weighted by molar-refractivity contribution is 4.93. The summed E-state index contributed by atoms with van der Waals surface area (Å²) in [6.45, 7) is 1.02. The standard InChI is InChI=1S/C10H17F2N/c11-10(12)6-8(7-10)9-4-2-1-3-5-13-9/h8-9,13H,1-7H2. The van der Waals surface area contributed by atoms with Gasteiger partial charge in [-0.2, -0.15) is 0 Å². The lowest BCUT2D eigenvalue weighted by atomic mass is 9.75. The van der Waals surface area contributed by atoms with Crippen LogP contribution < -0.4 is 5.32 Å². The fraction of sp³-hybridized carbons (Fsp3) is 1.00. The van der Waals surface area contributed by atoms with Crippen molar-refractivity contribution in [3.63, 3.8) is 0 Å². The predicted molar refractivity (Wildman–Crippen MR) is 47.9 cm³/mol. The third-order valence-electron chi connectivity index (χ3n) is 3.29. The molecule has 0 bridgehead atoms. The maximum absolute atomic E-state index is 12.6. The van der Waals surface area contributed by atoms with Crippen LogP contribution in [0.4, 0.5) is 8.78 Å². The third kappa shape index (κ3) is 2.19. The summed E-state index contributed by atoms with van der Waals surface area (Å²) < 4.78 is 25.2. The molecular formula is C10H17F2N. The number of halogens is 2. The number of alkyl halides is 2. The molecule has 1 unspecified atom stereocenters. The second kappa shape index (κ2) is 3.52. The van der Waals surface area contributed by atoms with Crippen LogP contribution in [0.5, 0.6) is 0 Å². The predicted octanol–water partition coefficient (Wildman–Crippen LogP) is 2.56. The Morgan fingerprint density at radius 3 is 2.54 bits per heavy atom. The van der Waals surface area contributed by atoms with Crippen molar-refractivity contribution in [2.45, 2.75) is 50.5 Å². The zero-order chi connectivity index (χ0) is 9.31. The Morgan fingerprint density at radius 1 is 1.08 bits per heavy atom. The lowest BCUT2D eigenvalue weighted by molar-refractivity contribution is -0.119. The molecule has 0 aromatic rings. The molecule has 1 aliphatic carbocycles. The normalized spacial score (nSPS) is 35.1. The van der Waals surface area contributed by atoms with Crippen LogP contribution >= 0.6 is 0 Å². The summed E-state index contributed by atoms with van der Waals surface area (Å²) in [4.78, 5) is 0. The molecule has 1 saturated heterocycles. The third-order valence-corrected chi connectivity index (χ3v) is 3.29. The van der Waals surface area contributed by atoms with Crippen molar-refractivity contribution < 1.29 is 8.78 Å². The van der Waals surface area contributed by atoms with Gasteiger partial charge in [0.1, 0.15) is 0 Å². The van der Waals surface area contributed by atoms with Gasteiger partial charge < -0.3 is 5.32 Å². The molecule has 1 saturated carbocycles. The molecule has 1 heterocycles. The molecule has 0 amide bonds. The van der Waals surface area contributed by atoms with E-state index in [0.717, 1.165) is 13.0 Å². The lowest BCUT2D eigenvalue weighted by Gasteiger charge is -2.40. The van der Waals surface area contributed by atoms with Crippen LogP contribution in [0.15, 0.2) is 0 Å². The van der Waals surface area contributed by atoms with Crippen molar-refractivity contribution in [1.82, 2.24) is 5.32 Å². The topological polar surface area (TPSA) is 12.0 Å². The summed E-state index contributed by atoms with van der Waals surface area (Å²) in [5, 5.41) is 3.39. The van der Waals surface area contributed by atoms with E-state index < -0.39 is 5.92 Å². The molecule has 2 fully saturated rings. The number of hydrogen-bond acceptors (Lipinski definition) is 1. The van der Waals surface area contributed by atoms with Gasteiger partial charge in [0.25, 0.3) is 0 Å². The average molecular weight is 189 g/mol. The molecule has 0 radical (unpaired) electrons. The maximum atomic E-state index is 12.6. The molecule has 0 aromatic carbocycles. The van der Waals surface area contributed by atoms with Gasteiger partial charge in [0.2, 0.25) is 5.92 Å². The number of hydrogen-bond donors (Lipinski definition) is 1. The van der Waals surface area contributed by atoms with Crippen molar-refractivity contribution in [2.75, 3.05) is 6.54 Å². The highest BCUT2D eigenvalue weighted by Gasteiger charge is 2.48. The summed E-state index contributed by atoms with van der Waals surface area (Å²) in [6, 6.07) is 0.377. The fourth-order valence-electron chi connectivity index (χ4n) is 2.45. The Bertz CT molecular complexity index is 166. The molecule has 2 rings (SSSR count). The van der Waals surface area contributed by atoms with E-state index in [2.05, 4.69) is 5.32 Å². The SMILES string of the molecule is FC1(F)CC(C2CCCCCN2)C1. The second-order valence-electron chi connectivity index (χ2n) is 4.43. The van der Waals surface area contributed by atoms with E-state index in [0.29, 0.717) is 6.04 Å². The summed E-state index contributed by atoms with van der Waals surface area (Å²) in [6.07, 6.45) is 5.00. The van der Waals surface area contributed by atoms with Gasteiger partial charge >= 0.3 is 0 Å². The lowest BCUT2D eigenvalue weighted by Crippen LogP contribution is -2.47. The Kier molecular flexibility index (Phi) is 2.54. The minimum atomic E-state index is -2.35. The van der Waals surface area contributed by atoms with Gasteiger partial charge in [0.05, 0.1) is 0 Å². The molecule has 1 atom stereocenters. The molecular weight excluding hydrogens is 172 g/mol. The first kappa shape index (κ1) is 9.38. The van der Waals surface area contributed by atoms with Crippen LogP contribution in [-0.2, 0) is 0 Å². The van der Waals surface area contributed by atoms with Crippen molar-refractivity contribution in [3.8, 4) is 0 Å². The Balaban J connectivity index is 1.80. The molecule has 0 spiro atoms. The zero-order valence-corrected chi connectivity index (χ0v) is 7.86. The van der Waals surface area contributed by atoms with Gasteiger partial charge in [-0.15, -0.1) is 0 Å². The Hall–Kier alpha value is -0.180. The second-order valence-corrected chi connectivity index (χ2v) is 4.43. The first-order chi connectivity index (χ1) is 6.17. The first-order valence-corrected chi connectivity index (χ1v) is 5.29. The van der Waals surface area contributed by atoms with Gasteiger partial charge in [0.15, 0.2) is 0 Å². The van der Waals surface area contributed by atoms with Gasteiger partial charge in [-0.1, -0.05) is 12.8 Å². The minimum Gasteiger partial charge on any atom is -0.314 e. The molecule has 1 aliphatic heterocycles. The van der Waals surface area contributed by atoms with E-state index in [9.17, 15) is 8.78 Å². The van der Waals surface area contributed by atoms with Crippen LogP contribution in [0.1, 0.15) is 38.5 Å². The van der Waals surface area contributed by atoms with Gasteiger partial charge in [0, 0.05) is 18.9 Å². The summed E-state index contributed by atoms with van der Waals surface area (Å²) in [5.41, 5.74) is 0. The van der Waals surface area contributed by atoms with Crippen LogP contribution in [0.25, 0.3) is 0 Å². The molecule has 76 valence electrons. The fourth-order valence-corrected chi connectivity index (χ4v) is 2.45. The zero-order valence-electron chi connectivity index (χ0n) is 7.86. The van der Waals surface area contributed by atoms with E-state index in [4.69, 9.17) is 0 Å². The number of nitrogens with one attached hydrogen (secondary N) is 1. The molecule has 2 aliphatic rings. The molecule has 0 aromatic heterocycles. The molecule has 1 N–H and O–H groups in total. The molecule has 3 heteroatoms. The van der Waals surface area contributed by atoms with E-state index >= 15 is 0 Å². The van der Waals surface area contributed by atoms with E-state index in [1.54, 1.807) is 0 Å². The summed E-state index contributed by atoms with van der Waals surface area (Å²) in [7, 11) is 0. The van der Waals surface area contributed by atoms with Gasteiger partial charge in [-0.3, -0.25) is 0 Å². The molecule has 1 nitrogen and oxygen atoms in total. The highest BCUT2D eigenvalue weighted by Crippen LogP contribution is 2.45. The van der Waals surface area contributed by atoms with Crippen molar-refractivity contribution >= 4 is 0 Å². The average Bonchev–Trinajstić information content (AvgIpc) is 2.26. The Labute approximate surface area is 77.9 Å². The van der Waals surface area contributed by atoms with Crippen LogP contribution in [-0.4, -0.2) is 18.5 Å². The van der Waals surface area contributed by atoms with E-state index in [-0.39, 0.29) is 18.8 Å². The number of rotatable bonds is 1. The van der Waals surface area contributed by atoms with Crippen molar-refractivity contribution in [3.05, 3.63) is 0 Å². The smallest absolute Gasteiger partial charge is 0.248 e. The van der Waals surface area contributed by atoms with Gasteiger partial charge in [-0.25, -0.2) is 8.78 Å². The van der Waals surface area contributed by atoms with Crippen molar-refractivity contribution in [2.24, 2.45) is 5.92 Å². The van der Waals surface area contributed by atoms with Crippen molar-refractivity contribution in [1.29, 1.82) is 0 Å². The minimum absolute atomic E-state index is 0.116. The Morgan fingerprint density at radius 2 is 1.85 bits per heavy atom. The quantitative estimate of drug-likeness (QED) is 0.668. The molecule has 13 heavy (non-hydrogen) atoms. The van der Waals surface area contributed by atoms with E-state index in [1.807, 2.05) is 0 Å². The summed E-state index contributed by atoms with van der Waals surface area (Å²) >= 11 is 0. The largest absolute Gasteiger partial charge is 0.314 e. The monoisotopic (exact) mass is 189 g/mol. The first-order valence-electron chi connectivity index (χ1n) is 5.29.